The van der Waals surface area contributed by atoms with Crippen LogP contribution in [0.1, 0.15) is 40.5 Å². The van der Waals surface area contributed by atoms with Crippen LogP contribution < -0.4 is 5.73 Å². The van der Waals surface area contributed by atoms with Crippen molar-refractivity contribution in [3.63, 3.8) is 0 Å². The topological polar surface area (TPSA) is 81.2 Å². The number of piperidine rings is 1. The molecule has 1 aromatic heterocycles. The molecular formula is C18H19F3N4O2. The number of amides is 2. The fourth-order valence-electron chi connectivity index (χ4n) is 3.34. The Kier molecular flexibility index (Phi) is 5.20. The average molecular weight is 380 g/mol. The van der Waals surface area contributed by atoms with Crippen LogP contribution in [0.4, 0.5) is 13.2 Å². The number of nitrogens with zero attached hydrogens (tertiary/aromatic N) is 3. The highest BCUT2D eigenvalue weighted by atomic mass is 19.4. The van der Waals surface area contributed by atoms with Crippen molar-refractivity contribution >= 4 is 11.8 Å². The van der Waals surface area contributed by atoms with Gasteiger partial charge >= 0.3 is 6.18 Å². The van der Waals surface area contributed by atoms with Crippen molar-refractivity contribution in [2.75, 3.05) is 13.1 Å². The molecule has 0 aliphatic carbocycles. The Morgan fingerprint density at radius 1 is 1.22 bits per heavy atom. The number of likely N-dealkylation sites (tertiary alicyclic amines) is 1. The van der Waals surface area contributed by atoms with Crippen molar-refractivity contribution in [3.8, 4) is 0 Å². The molecule has 6 nitrogen and oxygen atoms in total. The van der Waals surface area contributed by atoms with Crippen LogP contribution in [0.15, 0.2) is 36.7 Å². The van der Waals surface area contributed by atoms with Crippen LogP contribution in [-0.2, 0) is 17.5 Å². The van der Waals surface area contributed by atoms with Crippen molar-refractivity contribution < 1.29 is 22.8 Å². The summed E-state index contributed by atoms with van der Waals surface area (Å²) < 4.78 is 39.7. The number of hydrogen-bond donors (Lipinski definition) is 1. The first-order valence-electron chi connectivity index (χ1n) is 8.51. The second-order valence-electron chi connectivity index (χ2n) is 6.55. The molecule has 2 aromatic rings. The number of nitrogens with two attached hydrogens (primary N) is 1. The number of rotatable bonds is 4. The fourth-order valence-corrected chi connectivity index (χ4v) is 3.34. The number of imidazole rings is 1. The lowest BCUT2D eigenvalue weighted by Crippen LogP contribution is -2.40. The summed E-state index contributed by atoms with van der Waals surface area (Å²) in [5.74, 6) is -0.186. The molecular weight excluding hydrogens is 361 g/mol. The van der Waals surface area contributed by atoms with Crippen molar-refractivity contribution in [2.45, 2.75) is 31.5 Å². The van der Waals surface area contributed by atoms with Gasteiger partial charge in [-0.1, -0.05) is 0 Å². The molecule has 1 aromatic carbocycles. The molecule has 0 unspecified atom stereocenters. The molecule has 144 valence electrons. The van der Waals surface area contributed by atoms with E-state index in [0.29, 0.717) is 18.9 Å². The molecule has 2 heterocycles. The van der Waals surface area contributed by atoms with E-state index in [1.807, 2.05) is 0 Å². The number of aromatic nitrogens is 2. The molecule has 0 bridgehead atoms. The van der Waals surface area contributed by atoms with E-state index in [1.165, 1.54) is 12.1 Å². The monoisotopic (exact) mass is 380 g/mol. The molecule has 1 saturated heterocycles. The van der Waals surface area contributed by atoms with Crippen LogP contribution in [0.2, 0.25) is 0 Å². The van der Waals surface area contributed by atoms with Crippen LogP contribution in [0.25, 0.3) is 0 Å². The van der Waals surface area contributed by atoms with Gasteiger partial charge in [0.15, 0.2) is 0 Å². The summed E-state index contributed by atoms with van der Waals surface area (Å²) in [7, 11) is 0. The lowest BCUT2D eigenvalue weighted by molar-refractivity contribution is -0.137. The zero-order valence-corrected chi connectivity index (χ0v) is 14.4. The first-order chi connectivity index (χ1) is 12.8. The normalized spacial score (nSPS) is 17.7. The highest BCUT2D eigenvalue weighted by Gasteiger charge is 2.31. The Balaban J connectivity index is 1.73. The number of alkyl halides is 3. The number of hydrogen-bond acceptors (Lipinski definition) is 3. The molecule has 2 N–H and O–H groups in total. The standard InChI is InChI=1S/C18H19F3N4O2/c19-18(20,21)14-5-3-12(4-6-14)17(27)25-8-1-2-13(10-25)16-23-7-9-24(16)11-15(22)26/h3-7,9,13H,1-2,8,10-11H2,(H2,22,26)/t13-/m0/s1. The van der Waals surface area contributed by atoms with Crippen LogP contribution in [0.3, 0.4) is 0 Å². The fraction of sp³-hybridized carbons (Fsp3) is 0.389. The van der Waals surface area contributed by atoms with E-state index in [9.17, 15) is 22.8 Å². The molecule has 1 aliphatic heterocycles. The lowest BCUT2D eigenvalue weighted by atomic mass is 9.96. The zero-order valence-electron chi connectivity index (χ0n) is 14.4. The van der Waals surface area contributed by atoms with E-state index >= 15 is 0 Å². The molecule has 0 saturated carbocycles. The van der Waals surface area contributed by atoms with Crippen LogP contribution in [-0.4, -0.2) is 39.4 Å². The van der Waals surface area contributed by atoms with Crippen LogP contribution in [0, 0.1) is 0 Å². The minimum atomic E-state index is -4.44. The van der Waals surface area contributed by atoms with E-state index < -0.39 is 17.6 Å². The maximum atomic E-state index is 12.7. The average Bonchev–Trinajstić information content (AvgIpc) is 3.08. The SMILES string of the molecule is NC(=O)Cn1ccnc1[C@H]1CCCN(C(=O)c2ccc(C(F)(F)F)cc2)C1. The van der Waals surface area contributed by atoms with E-state index in [4.69, 9.17) is 5.73 Å². The Hall–Kier alpha value is -2.84. The van der Waals surface area contributed by atoms with Gasteiger partial charge in [0.25, 0.3) is 5.91 Å². The predicted octanol–water partition coefficient (Wildman–Crippen LogP) is 2.41. The highest BCUT2D eigenvalue weighted by molar-refractivity contribution is 5.94. The summed E-state index contributed by atoms with van der Waals surface area (Å²) >= 11 is 0. The summed E-state index contributed by atoms with van der Waals surface area (Å²) in [5, 5.41) is 0. The van der Waals surface area contributed by atoms with E-state index in [2.05, 4.69) is 4.98 Å². The molecule has 9 heteroatoms. The number of carbonyl (C=O) groups excluding carboxylic acids is 2. The van der Waals surface area contributed by atoms with Crippen molar-refractivity contribution in [1.29, 1.82) is 0 Å². The molecule has 0 spiro atoms. The third-order valence-corrected chi connectivity index (χ3v) is 4.61. The predicted molar refractivity (Wildman–Crippen MR) is 90.7 cm³/mol. The third kappa shape index (κ3) is 4.29. The van der Waals surface area contributed by atoms with Gasteiger partial charge in [-0.2, -0.15) is 13.2 Å². The molecule has 3 rings (SSSR count). The Labute approximate surface area is 153 Å². The van der Waals surface area contributed by atoms with Gasteiger partial charge < -0.3 is 15.2 Å². The Morgan fingerprint density at radius 3 is 2.56 bits per heavy atom. The molecule has 27 heavy (non-hydrogen) atoms. The van der Waals surface area contributed by atoms with E-state index in [1.54, 1.807) is 21.9 Å². The van der Waals surface area contributed by atoms with Gasteiger partial charge in [-0.05, 0) is 37.1 Å². The molecule has 1 atom stereocenters. The minimum absolute atomic E-state index is 0.0126. The van der Waals surface area contributed by atoms with Crippen LogP contribution in [0.5, 0.6) is 0 Å². The first kappa shape index (κ1) is 18.9. The van der Waals surface area contributed by atoms with Crippen molar-refractivity contribution in [1.82, 2.24) is 14.5 Å². The van der Waals surface area contributed by atoms with Gasteiger partial charge in [0.1, 0.15) is 12.4 Å². The van der Waals surface area contributed by atoms with Crippen LogP contribution >= 0.6 is 0 Å². The molecule has 2 amide bonds. The molecule has 1 fully saturated rings. The summed E-state index contributed by atoms with van der Waals surface area (Å²) in [6.45, 7) is 0.918. The molecule has 0 radical (unpaired) electrons. The lowest BCUT2D eigenvalue weighted by Gasteiger charge is -2.32. The van der Waals surface area contributed by atoms with Crippen molar-refractivity contribution in [3.05, 3.63) is 53.6 Å². The zero-order chi connectivity index (χ0) is 19.6. The number of halogens is 3. The second kappa shape index (κ2) is 7.42. The number of benzene rings is 1. The third-order valence-electron chi connectivity index (χ3n) is 4.61. The number of primary amides is 1. The maximum absolute atomic E-state index is 12.7. The highest BCUT2D eigenvalue weighted by Crippen LogP contribution is 2.30. The van der Waals surface area contributed by atoms with Gasteiger partial charge in [0.2, 0.25) is 5.91 Å². The minimum Gasteiger partial charge on any atom is -0.368 e. The van der Waals surface area contributed by atoms with E-state index in [-0.39, 0.29) is 23.9 Å². The quantitative estimate of drug-likeness (QED) is 0.884. The summed E-state index contributed by atoms with van der Waals surface area (Å²) in [5.41, 5.74) is 4.67. The van der Waals surface area contributed by atoms with Gasteiger partial charge in [-0.3, -0.25) is 9.59 Å². The summed E-state index contributed by atoms with van der Waals surface area (Å²) in [4.78, 5) is 29.8. The maximum Gasteiger partial charge on any atom is 0.416 e. The summed E-state index contributed by atoms with van der Waals surface area (Å²) in [6.07, 6.45) is 0.341. The Bertz CT molecular complexity index is 830. The largest absolute Gasteiger partial charge is 0.416 e. The number of carbonyl (C=O) groups is 2. The van der Waals surface area contributed by atoms with Gasteiger partial charge in [-0.25, -0.2) is 4.98 Å². The molecule has 1 aliphatic rings. The first-order valence-corrected chi connectivity index (χ1v) is 8.51. The van der Waals surface area contributed by atoms with Gasteiger partial charge in [0.05, 0.1) is 5.56 Å². The van der Waals surface area contributed by atoms with Crippen molar-refractivity contribution in [2.24, 2.45) is 5.73 Å². The van der Waals surface area contributed by atoms with Gasteiger partial charge in [-0.15, -0.1) is 0 Å². The van der Waals surface area contributed by atoms with Gasteiger partial charge in [0, 0.05) is 37.0 Å². The smallest absolute Gasteiger partial charge is 0.368 e. The summed E-state index contributed by atoms with van der Waals surface area (Å²) in [6, 6.07) is 4.22. The Morgan fingerprint density at radius 2 is 1.93 bits per heavy atom. The van der Waals surface area contributed by atoms with E-state index in [0.717, 1.165) is 25.0 Å². The second-order valence-corrected chi connectivity index (χ2v) is 6.55.